The number of nitrogens with zero attached hydrogens (tertiary/aromatic N) is 1. The molecule has 19 heavy (non-hydrogen) atoms. The highest BCUT2D eigenvalue weighted by atomic mass is 19.2. The summed E-state index contributed by atoms with van der Waals surface area (Å²) in [5, 5.41) is 3.97. The Balaban J connectivity index is 1.94. The van der Waals surface area contributed by atoms with Gasteiger partial charge in [0.2, 0.25) is 0 Å². The molecule has 0 bridgehead atoms. The quantitative estimate of drug-likeness (QED) is 0.733. The lowest BCUT2D eigenvalue weighted by Gasteiger charge is -2.06. The van der Waals surface area contributed by atoms with Crippen LogP contribution in [-0.4, -0.2) is 9.97 Å². The Kier molecular flexibility index (Phi) is 2.67. The van der Waals surface area contributed by atoms with Crippen molar-refractivity contribution in [2.24, 2.45) is 0 Å². The van der Waals surface area contributed by atoms with Gasteiger partial charge in [-0.1, -0.05) is 0 Å². The highest BCUT2D eigenvalue weighted by molar-refractivity contribution is 5.81. The van der Waals surface area contributed by atoms with Gasteiger partial charge in [0.15, 0.2) is 11.6 Å². The van der Waals surface area contributed by atoms with Crippen LogP contribution in [0, 0.1) is 18.6 Å². The molecule has 0 fully saturated rings. The molecular weight excluding hydrogens is 248 g/mol. The zero-order valence-electron chi connectivity index (χ0n) is 10.2. The summed E-state index contributed by atoms with van der Waals surface area (Å²) in [4.78, 5) is 7.41. The van der Waals surface area contributed by atoms with Crippen molar-refractivity contribution >= 4 is 22.5 Å². The molecule has 0 atom stereocenters. The van der Waals surface area contributed by atoms with Crippen LogP contribution in [0.2, 0.25) is 0 Å². The zero-order chi connectivity index (χ0) is 13.4. The van der Waals surface area contributed by atoms with E-state index in [2.05, 4.69) is 15.3 Å². The van der Waals surface area contributed by atoms with E-state index in [1.807, 2.05) is 19.2 Å². The number of nitrogens with one attached hydrogen (secondary N) is 2. The van der Waals surface area contributed by atoms with Gasteiger partial charge in [-0.15, -0.1) is 0 Å². The largest absolute Gasteiger partial charge is 0.346 e. The molecule has 2 heterocycles. The van der Waals surface area contributed by atoms with E-state index in [0.717, 1.165) is 28.7 Å². The van der Waals surface area contributed by atoms with Crippen molar-refractivity contribution < 1.29 is 8.78 Å². The molecule has 2 aromatic heterocycles. The first kappa shape index (κ1) is 11.6. The lowest BCUT2D eigenvalue weighted by atomic mass is 10.2. The summed E-state index contributed by atoms with van der Waals surface area (Å²) in [6, 6.07) is 7.36. The van der Waals surface area contributed by atoms with Crippen molar-refractivity contribution in [1.82, 2.24) is 9.97 Å². The first-order valence-electron chi connectivity index (χ1n) is 5.80. The molecule has 3 rings (SSSR count). The number of aromatic amines is 1. The number of benzene rings is 1. The van der Waals surface area contributed by atoms with Gasteiger partial charge in [0, 0.05) is 23.3 Å². The van der Waals surface area contributed by atoms with E-state index in [4.69, 9.17) is 0 Å². The summed E-state index contributed by atoms with van der Waals surface area (Å²) in [6.07, 6.45) is 1.87. The first-order chi connectivity index (χ1) is 9.13. The smallest absolute Gasteiger partial charge is 0.160 e. The Bertz CT molecular complexity index is 750. The number of fused-ring (bicyclic) bond motifs is 1. The lowest BCUT2D eigenvalue weighted by Crippen LogP contribution is -1.95. The second-order valence-electron chi connectivity index (χ2n) is 4.32. The maximum Gasteiger partial charge on any atom is 0.160 e. The van der Waals surface area contributed by atoms with Crippen molar-refractivity contribution in [3.63, 3.8) is 0 Å². The van der Waals surface area contributed by atoms with E-state index in [0.29, 0.717) is 11.5 Å². The average Bonchev–Trinajstić information content (AvgIpc) is 2.75. The monoisotopic (exact) mass is 259 g/mol. The number of anilines is 2. The minimum Gasteiger partial charge on any atom is -0.346 e. The molecule has 1 aromatic carbocycles. The Morgan fingerprint density at radius 3 is 2.74 bits per heavy atom. The molecule has 5 heteroatoms. The average molecular weight is 259 g/mol. The van der Waals surface area contributed by atoms with E-state index < -0.39 is 11.6 Å². The molecule has 0 spiro atoms. The topological polar surface area (TPSA) is 40.7 Å². The van der Waals surface area contributed by atoms with Gasteiger partial charge < -0.3 is 10.3 Å². The van der Waals surface area contributed by atoms with Crippen molar-refractivity contribution in [1.29, 1.82) is 0 Å². The van der Waals surface area contributed by atoms with Crippen LogP contribution in [0.3, 0.4) is 0 Å². The molecule has 3 aromatic rings. The molecular formula is C14H11F2N3. The number of aromatic nitrogens is 2. The van der Waals surface area contributed by atoms with E-state index in [-0.39, 0.29) is 0 Å². The van der Waals surface area contributed by atoms with Crippen LogP contribution in [0.1, 0.15) is 5.56 Å². The van der Waals surface area contributed by atoms with Gasteiger partial charge in [0.1, 0.15) is 11.5 Å². The van der Waals surface area contributed by atoms with Gasteiger partial charge in [-0.2, -0.15) is 0 Å². The number of hydrogen-bond donors (Lipinski definition) is 2. The van der Waals surface area contributed by atoms with Gasteiger partial charge in [-0.05, 0) is 36.8 Å². The minimum atomic E-state index is -0.887. The van der Waals surface area contributed by atoms with Crippen LogP contribution in [0.15, 0.2) is 36.5 Å². The molecule has 2 N–H and O–H groups in total. The van der Waals surface area contributed by atoms with Gasteiger partial charge in [0.05, 0.1) is 0 Å². The second-order valence-corrected chi connectivity index (χ2v) is 4.32. The Morgan fingerprint density at radius 2 is 1.95 bits per heavy atom. The molecule has 0 aliphatic heterocycles. The predicted octanol–water partition coefficient (Wildman–Crippen LogP) is 3.89. The summed E-state index contributed by atoms with van der Waals surface area (Å²) in [7, 11) is 0. The highest BCUT2D eigenvalue weighted by Crippen LogP contribution is 2.21. The number of aryl methyl sites for hydroxylation is 1. The van der Waals surface area contributed by atoms with Crippen LogP contribution in [0.4, 0.5) is 20.3 Å². The van der Waals surface area contributed by atoms with Crippen LogP contribution in [0.25, 0.3) is 11.0 Å². The fourth-order valence-electron chi connectivity index (χ4n) is 1.93. The van der Waals surface area contributed by atoms with E-state index in [9.17, 15) is 8.78 Å². The minimum absolute atomic E-state index is 0.453. The molecule has 0 saturated heterocycles. The van der Waals surface area contributed by atoms with E-state index >= 15 is 0 Å². The zero-order valence-corrected chi connectivity index (χ0v) is 10.2. The number of pyridine rings is 1. The van der Waals surface area contributed by atoms with Crippen molar-refractivity contribution in [2.45, 2.75) is 6.92 Å². The number of halogens is 2. The third-order valence-electron chi connectivity index (χ3n) is 2.94. The molecule has 0 aliphatic carbocycles. The SMILES string of the molecule is Cc1c[nH]c2nc(Nc3ccc(F)c(F)c3)ccc12. The molecule has 0 amide bonds. The molecule has 0 saturated carbocycles. The highest BCUT2D eigenvalue weighted by Gasteiger charge is 2.05. The molecule has 3 nitrogen and oxygen atoms in total. The molecule has 0 aliphatic rings. The second kappa shape index (κ2) is 4.35. The van der Waals surface area contributed by atoms with Crippen LogP contribution in [0.5, 0.6) is 0 Å². The third-order valence-corrected chi connectivity index (χ3v) is 2.94. The third kappa shape index (κ3) is 2.14. The Labute approximate surface area is 108 Å². The van der Waals surface area contributed by atoms with Crippen molar-refractivity contribution in [3.8, 4) is 0 Å². The number of hydrogen-bond acceptors (Lipinski definition) is 2. The standard InChI is InChI=1S/C14H11F2N3/c1-8-7-17-14-10(8)3-5-13(19-14)18-9-2-4-11(15)12(16)6-9/h2-7H,1H3,(H2,17,18,19). The fourth-order valence-corrected chi connectivity index (χ4v) is 1.93. The summed E-state index contributed by atoms with van der Waals surface area (Å²) in [5.41, 5.74) is 2.32. The van der Waals surface area contributed by atoms with Crippen LogP contribution in [-0.2, 0) is 0 Å². The first-order valence-corrected chi connectivity index (χ1v) is 5.80. The Hall–Kier alpha value is -2.43. The van der Waals surface area contributed by atoms with Crippen LogP contribution < -0.4 is 5.32 Å². The van der Waals surface area contributed by atoms with Gasteiger partial charge in [-0.25, -0.2) is 13.8 Å². The summed E-state index contributed by atoms with van der Waals surface area (Å²) in [5.74, 6) is -1.18. The van der Waals surface area contributed by atoms with Crippen LogP contribution >= 0.6 is 0 Å². The van der Waals surface area contributed by atoms with Gasteiger partial charge >= 0.3 is 0 Å². The Morgan fingerprint density at radius 1 is 1.11 bits per heavy atom. The molecule has 0 radical (unpaired) electrons. The number of H-pyrrole nitrogens is 1. The van der Waals surface area contributed by atoms with Gasteiger partial charge in [-0.3, -0.25) is 0 Å². The van der Waals surface area contributed by atoms with Gasteiger partial charge in [0.25, 0.3) is 0 Å². The lowest BCUT2D eigenvalue weighted by molar-refractivity contribution is 0.509. The van der Waals surface area contributed by atoms with Crippen molar-refractivity contribution in [3.05, 3.63) is 53.7 Å². The summed E-state index contributed by atoms with van der Waals surface area (Å²) < 4.78 is 25.9. The maximum atomic E-state index is 13.1. The number of rotatable bonds is 2. The summed E-state index contributed by atoms with van der Waals surface area (Å²) in [6.45, 7) is 1.99. The fraction of sp³-hybridized carbons (Fsp3) is 0.0714. The van der Waals surface area contributed by atoms with Crippen molar-refractivity contribution in [2.75, 3.05) is 5.32 Å². The predicted molar refractivity (Wildman–Crippen MR) is 70.5 cm³/mol. The van der Waals surface area contributed by atoms with E-state index in [1.54, 1.807) is 6.07 Å². The maximum absolute atomic E-state index is 13.1. The molecule has 0 unspecified atom stereocenters. The summed E-state index contributed by atoms with van der Waals surface area (Å²) >= 11 is 0. The van der Waals surface area contributed by atoms with E-state index in [1.165, 1.54) is 6.07 Å². The molecule has 96 valence electrons. The normalized spacial score (nSPS) is 10.9.